The fraction of sp³-hybridized carbons (Fsp3) is 0.533. The van der Waals surface area contributed by atoms with E-state index in [1.54, 1.807) is 6.26 Å². The van der Waals surface area contributed by atoms with Crippen molar-refractivity contribution in [2.45, 2.75) is 52.6 Å². The summed E-state index contributed by atoms with van der Waals surface area (Å²) in [4.78, 5) is 0. The van der Waals surface area contributed by atoms with Gasteiger partial charge >= 0.3 is 0 Å². The van der Waals surface area contributed by atoms with E-state index in [9.17, 15) is 0 Å². The maximum absolute atomic E-state index is 6.11. The van der Waals surface area contributed by atoms with E-state index in [4.69, 9.17) is 10.2 Å². The highest BCUT2D eigenvalue weighted by atomic mass is 16.3. The summed E-state index contributed by atoms with van der Waals surface area (Å²) in [5, 5.41) is 7.95. The van der Waals surface area contributed by atoms with Gasteiger partial charge in [-0.15, -0.1) is 0 Å². The molecule has 2 heterocycles. The van der Waals surface area contributed by atoms with E-state index in [-0.39, 0.29) is 0 Å². The summed E-state index contributed by atoms with van der Waals surface area (Å²) in [6, 6.07) is 4.24. The first-order valence-electron chi connectivity index (χ1n) is 7.23. The lowest BCUT2D eigenvalue weighted by atomic mass is 10.1. The molecule has 5 nitrogen and oxygen atoms in total. The molecule has 1 unspecified atom stereocenters. The van der Waals surface area contributed by atoms with Gasteiger partial charge in [0.2, 0.25) is 0 Å². The van der Waals surface area contributed by atoms with E-state index in [1.165, 1.54) is 0 Å². The Hall–Kier alpha value is -1.91. The van der Waals surface area contributed by atoms with Gasteiger partial charge in [-0.05, 0) is 38.8 Å². The summed E-state index contributed by atoms with van der Waals surface area (Å²) in [6.07, 6.45) is 4.66. The normalized spacial score (nSPS) is 12.6. The highest BCUT2D eigenvalue weighted by Crippen LogP contribution is 2.24. The van der Waals surface area contributed by atoms with E-state index in [2.05, 4.69) is 24.3 Å². The quantitative estimate of drug-likeness (QED) is 0.814. The average molecular weight is 276 g/mol. The fourth-order valence-corrected chi connectivity index (χ4v) is 2.24. The average Bonchev–Trinajstić information content (AvgIpc) is 3.02. The highest BCUT2D eigenvalue weighted by Gasteiger charge is 2.14. The van der Waals surface area contributed by atoms with Crippen molar-refractivity contribution in [3.8, 4) is 0 Å². The molecule has 0 saturated heterocycles. The number of anilines is 2. The SMILES string of the molecule is CCCn1nc(C)c(N)c1NC(C)CCc1ccco1. The molecule has 0 spiro atoms. The standard InChI is InChI=1S/C15H24N4O/c1-4-9-19-15(14(16)12(3)18-19)17-11(2)7-8-13-6-5-10-20-13/h5-6,10-11,17H,4,7-9,16H2,1-3H3. The topological polar surface area (TPSA) is 69.0 Å². The zero-order chi connectivity index (χ0) is 14.5. The Morgan fingerprint density at radius 3 is 2.95 bits per heavy atom. The van der Waals surface area contributed by atoms with Gasteiger partial charge < -0.3 is 15.5 Å². The zero-order valence-electron chi connectivity index (χ0n) is 12.5. The third-order valence-electron chi connectivity index (χ3n) is 3.40. The molecule has 3 N–H and O–H groups in total. The van der Waals surface area contributed by atoms with Crippen LogP contribution in [-0.2, 0) is 13.0 Å². The number of nitrogens with two attached hydrogens (primary N) is 1. The second kappa shape index (κ2) is 6.50. The van der Waals surface area contributed by atoms with E-state index < -0.39 is 0 Å². The van der Waals surface area contributed by atoms with Crippen LogP contribution >= 0.6 is 0 Å². The Morgan fingerprint density at radius 1 is 1.50 bits per heavy atom. The van der Waals surface area contributed by atoms with Gasteiger partial charge in [-0.25, -0.2) is 4.68 Å². The maximum atomic E-state index is 6.11. The van der Waals surface area contributed by atoms with Crippen LogP contribution in [0.5, 0.6) is 0 Å². The number of aryl methyl sites for hydroxylation is 3. The Morgan fingerprint density at radius 2 is 2.30 bits per heavy atom. The van der Waals surface area contributed by atoms with Gasteiger partial charge in [0, 0.05) is 19.0 Å². The van der Waals surface area contributed by atoms with Crippen LogP contribution in [-0.4, -0.2) is 15.8 Å². The molecule has 1 atom stereocenters. The molecule has 2 rings (SSSR count). The van der Waals surface area contributed by atoms with E-state index in [1.807, 2.05) is 23.7 Å². The Balaban J connectivity index is 1.97. The molecule has 0 saturated carbocycles. The van der Waals surface area contributed by atoms with Crippen LogP contribution in [0.15, 0.2) is 22.8 Å². The Labute approximate surface area is 120 Å². The predicted molar refractivity (Wildman–Crippen MR) is 81.8 cm³/mol. The molecule has 2 aromatic rings. The predicted octanol–water partition coefficient (Wildman–Crippen LogP) is 3.21. The minimum absolute atomic E-state index is 0.314. The third-order valence-corrected chi connectivity index (χ3v) is 3.40. The second-order valence-electron chi connectivity index (χ2n) is 5.23. The monoisotopic (exact) mass is 276 g/mol. The molecule has 0 aliphatic carbocycles. The van der Waals surface area contributed by atoms with Crippen LogP contribution in [0.25, 0.3) is 0 Å². The molecule has 20 heavy (non-hydrogen) atoms. The molecule has 0 radical (unpaired) electrons. The van der Waals surface area contributed by atoms with Crippen molar-refractivity contribution in [2.24, 2.45) is 0 Å². The number of nitrogens with one attached hydrogen (secondary N) is 1. The summed E-state index contributed by atoms with van der Waals surface area (Å²) in [6.45, 7) is 7.11. The molecule has 5 heteroatoms. The van der Waals surface area contributed by atoms with Crippen molar-refractivity contribution in [1.29, 1.82) is 0 Å². The number of furan rings is 1. The Kier molecular flexibility index (Phi) is 4.71. The van der Waals surface area contributed by atoms with Gasteiger partial charge in [0.25, 0.3) is 0 Å². The largest absolute Gasteiger partial charge is 0.469 e. The molecule has 0 aromatic carbocycles. The van der Waals surface area contributed by atoms with Crippen molar-refractivity contribution < 1.29 is 4.42 Å². The van der Waals surface area contributed by atoms with Crippen LogP contribution in [0.3, 0.4) is 0 Å². The minimum atomic E-state index is 0.314. The first kappa shape index (κ1) is 14.5. The number of hydrogen-bond donors (Lipinski definition) is 2. The van der Waals surface area contributed by atoms with Gasteiger partial charge in [-0.3, -0.25) is 0 Å². The van der Waals surface area contributed by atoms with Gasteiger partial charge in [-0.2, -0.15) is 5.10 Å². The second-order valence-corrected chi connectivity index (χ2v) is 5.23. The van der Waals surface area contributed by atoms with Crippen LogP contribution in [0, 0.1) is 6.92 Å². The van der Waals surface area contributed by atoms with Crippen molar-refractivity contribution in [1.82, 2.24) is 9.78 Å². The smallest absolute Gasteiger partial charge is 0.148 e. The highest BCUT2D eigenvalue weighted by molar-refractivity contribution is 5.65. The van der Waals surface area contributed by atoms with Crippen molar-refractivity contribution >= 4 is 11.5 Å². The van der Waals surface area contributed by atoms with Crippen molar-refractivity contribution in [2.75, 3.05) is 11.1 Å². The number of nitrogens with zero attached hydrogens (tertiary/aromatic N) is 2. The zero-order valence-corrected chi connectivity index (χ0v) is 12.5. The molecule has 0 amide bonds. The van der Waals surface area contributed by atoms with Gasteiger partial charge in [-0.1, -0.05) is 6.92 Å². The fourth-order valence-electron chi connectivity index (χ4n) is 2.24. The maximum Gasteiger partial charge on any atom is 0.148 e. The minimum Gasteiger partial charge on any atom is -0.469 e. The molecular formula is C15H24N4O. The first-order chi connectivity index (χ1) is 9.61. The number of hydrogen-bond acceptors (Lipinski definition) is 4. The lowest BCUT2D eigenvalue weighted by Gasteiger charge is -2.16. The molecular weight excluding hydrogens is 252 g/mol. The summed E-state index contributed by atoms with van der Waals surface area (Å²) in [5.74, 6) is 1.96. The van der Waals surface area contributed by atoms with Gasteiger partial charge in [0.1, 0.15) is 11.6 Å². The molecule has 0 bridgehead atoms. The molecule has 0 fully saturated rings. The molecule has 110 valence electrons. The lowest BCUT2D eigenvalue weighted by molar-refractivity contribution is 0.494. The van der Waals surface area contributed by atoms with Crippen molar-refractivity contribution in [3.63, 3.8) is 0 Å². The summed E-state index contributed by atoms with van der Waals surface area (Å²) in [5.41, 5.74) is 7.75. The van der Waals surface area contributed by atoms with Crippen LogP contribution < -0.4 is 11.1 Å². The van der Waals surface area contributed by atoms with Crippen molar-refractivity contribution in [3.05, 3.63) is 29.9 Å². The Bertz CT molecular complexity index is 530. The third kappa shape index (κ3) is 3.35. The van der Waals surface area contributed by atoms with Crippen LogP contribution in [0.4, 0.5) is 11.5 Å². The number of nitrogen functional groups attached to an aromatic ring is 1. The molecule has 0 aliphatic heterocycles. The van der Waals surface area contributed by atoms with E-state index >= 15 is 0 Å². The first-order valence-corrected chi connectivity index (χ1v) is 7.23. The number of aromatic nitrogens is 2. The van der Waals surface area contributed by atoms with Crippen LogP contribution in [0.2, 0.25) is 0 Å². The van der Waals surface area contributed by atoms with Crippen LogP contribution in [0.1, 0.15) is 38.1 Å². The van der Waals surface area contributed by atoms with Gasteiger partial charge in [0.15, 0.2) is 0 Å². The van der Waals surface area contributed by atoms with Gasteiger partial charge in [0.05, 0.1) is 17.6 Å². The molecule has 2 aromatic heterocycles. The van der Waals surface area contributed by atoms with E-state index in [0.29, 0.717) is 6.04 Å². The summed E-state index contributed by atoms with van der Waals surface area (Å²) in [7, 11) is 0. The number of rotatable bonds is 7. The lowest BCUT2D eigenvalue weighted by Crippen LogP contribution is -2.19. The van der Waals surface area contributed by atoms with E-state index in [0.717, 1.165) is 48.8 Å². The summed E-state index contributed by atoms with van der Waals surface area (Å²) < 4.78 is 7.32. The summed E-state index contributed by atoms with van der Waals surface area (Å²) >= 11 is 0. The molecule has 0 aliphatic rings.